The zero-order valence-electron chi connectivity index (χ0n) is 18.7. The van der Waals surface area contributed by atoms with Crippen molar-refractivity contribution < 1.29 is 24.0 Å². The van der Waals surface area contributed by atoms with Crippen molar-refractivity contribution in [3.8, 4) is 11.5 Å². The first kappa shape index (κ1) is 22.6. The molecule has 0 saturated heterocycles. The molecule has 3 rings (SSSR count). The Kier molecular flexibility index (Phi) is 7.52. The highest BCUT2D eigenvalue weighted by molar-refractivity contribution is 5.91. The molecule has 2 aromatic carbocycles. The lowest BCUT2D eigenvalue weighted by Gasteiger charge is -2.15. The van der Waals surface area contributed by atoms with Crippen LogP contribution in [0.5, 0.6) is 11.5 Å². The molecule has 7 nitrogen and oxygen atoms in total. The molecule has 1 unspecified atom stereocenters. The van der Waals surface area contributed by atoms with Crippen LogP contribution in [0.2, 0.25) is 0 Å². The van der Waals surface area contributed by atoms with E-state index in [4.69, 9.17) is 9.47 Å². The van der Waals surface area contributed by atoms with E-state index >= 15 is 0 Å². The Hall–Kier alpha value is -3.06. The van der Waals surface area contributed by atoms with Gasteiger partial charge in [-0.1, -0.05) is 17.7 Å². The predicted molar refractivity (Wildman–Crippen MR) is 120 cm³/mol. The quantitative estimate of drug-likeness (QED) is 0.568. The van der Waals surface area contributed by atoms with Gasteiger partial charge in [0.15, 0.2) is 13.1 Å². The van der Waals surface area contributed by atoms with Crippen molar-refractivity contribution in [3.63, 3.8) is 0 Å². The molecular weight excluding hydrogens is 394 g/mol. The third kappa shape index (κ3) is 6.46. The van der Waals surface area contributed by atoms with Crippen molar-refractivity contribution in [3.05, 3.63) is 53.1 Å². The molecule has 1 heterocycles. The number of quaternary nitrogens is 1. The molecule has 166 valence electrons. The lowest BCUT2D eigenvalue weighted by molar-refractivity contribution is -0.862. The largest absolute Gasteiger partial charge is 0.494 e. The van der Waals surface area contributed by atoms with E-state index in [1.807, 2.05) is 64.2 Å². The van der Waals surface area contributed by atoms with E-state index in [0.29, 0.717) is 13.2 Å². The molecule has 0 radical (unpaired) electrons. The second-order valence-electron chi connectivity index (χ2n) is 8.13. The van der Waals surface area contributed by atoms with Crippen LogP contribution in [0.3, 0.4) is 0 Å². The summed E-state index contributed by atoms with van der Waals surface area (Å²) in [4.78, 5) is 25.5. The van der Waals surface area contributed by atoms with Crippen molar-refractivity contribution in [2.75, 3.05) is 32.1 Å². The number of anilines is 1. The number of hydrogen-bond donors (Lipinski definition) is 3. The van der Waals surface area contributed by atoms with Crippen LogP contribution in [-0.4, -0.2) is 44.7 Å². The minimum atomic E-state index is -0.127. The Bertz CT molecular complexity index is 927. The molecule has 7 heteroatoms. The average molecular weight is 427 g/mol. The highest BCUT2D eigenvalue weighted by Crippen LogP contribution is 2.35. The molecule has 31 heavy (non-hydrogen) atoms. The fourth-order valence-corrected chi connectivity index (χ4v) is 3.62. The van der Waals surface area contributed by atoms with Gasteiger partial charge >= 0.3 is 0 Å². The first-order valence-electron chi connectivity index (χ1n) is 10.7. The number of carbonyl (C=O) groups excluding carboxylic acids is 2. The number of amides is 2. The predicted octanol–water partition coefficient (Wildman–Crippen LogP) is 1.49. The minimum absolute atomic E-state index is 0.127. The molecule has 0 aromatic heterocycles. The van der Waals surface area contributed by atoms with Crippen LogP contribution in [0.25, 0.3) is 0 Å². The summed E-state index contributed by atoms with van der Waals surface area (Å²) >= 11 is 0. The highest BCUT2D eigenvalue weighted by Gasteiger charge is 2.22. The van der Waals surface area contributed by atoms with Gasteiger partial charge in [-0.2, -0.15) is 0 Å². The van der Waals surface area contributed by atoms with E-state index in [1.54, 1.807) is 0 Å². The summed E-state index contributed by atoms with van der Waals surface area (Å²) < 4.78 is 11.6. The van der Waals surface area contributed by atoms with E-state index in [2.05, 4.69) is 10.6 Å². The number of likely N-dealkylation sites (N-methyl/N-ethyl adjacent to an activating group) is 1. The zero-order valence-corrected chi connectivity index (χ0v) is 18.7. The molecule has 0 spiro atoms. The van der Waals surface area contributed by atoms with Crippen LogP contribution >= 0.6 is 0 Å². The second kappa shape index (κ2) is 10.3. The number of carbonyl (C=O) groups is 2. The van der Waals surface area contributed by atoms with Crippen LogP contribution in [-0.2, 0) is 22.6 Å². The second-order valence-corrected chi connectivity index (χ2v) is 8.13. The SMILES string of the molecule is CCOc1cc2c(cc1CNC(=O)C[NH+](C)CC(=O)Nc1ccc(C)cc1)O[C@@H](C)C2. The van der Waals surface area contributed by atoms with Gasteiger partial charge in [0.25, 0.3) is 11.8 Å². The van der Waals surface area contributed by atoms with Gasteiger partial charge in [0, 0.05) is 29.8 Å². The van der Waals surface area contributed by atoms with Crippen molar-refractivity contribution in [1.82, 2.24) is 5.32 Å². The lowest BCUT2D eigenvalue weighted by atomic mass is 10.1. The smallest absolute Gasteiger partial charge is 0.279 e. The number of nitrogens with one attached hydrogen (secondary N) is 3. The summed E-state index contributed by atoms with van der Waals surface area (Å²) in [6.07, 6.45) is 1.01. The molecular formula is C24H32N3O4+. The number of fused-ring (bicyclic) bond motifs is 1. The number of hydrogen-bond acceptors (Lipinski definition) is 4. The molecule has 1 aliphatic heterocycles. The monoisotopic (exact) mass is 426 g/mol. The molecule has 2 amide bonds. The Balaban J connectivity index is 1.50. The van der Waals surface area contributed by atoms with E-state index < -0.39 is 0 Å². The van der Waals surface area contributed by atoms with Gasteiger partial charge < -0.3 is 25.0 Å². The Morgan fingerprint density at radius 1 is 1.16 bits per heavy atom. The van der Waals surface area contributed by atoms with Crippen LogP contribution in [0.1, 0.15) is 30.5 Å². The summed E-state index contributed by atoms with van der Waals surface area (Å²) in [6, 6.07) is 11.6. The van der Waals surface area contributed by atoms with Gasteiger partial charge in [0.1, 0.15) is 17.6 Å². The Morgan fingerprint density at radius 2 is 1.87 bits per heavy atom. The van der Waals surface area contributed by atoms with Crippen molar-refractivity contribution in [2.24, 2.45) is 0 Å². The molecule has 2 aromatic rings. The number of ether oxygens (including phenoxy) is 2. The molecule has 0 aliphatic carbocycles. The molecule has 0 saturated carbocycles. The minimum Gasteiger partial charge on any atom is -0.494 e. The summed E-state index contributed by atoms with van der Waals surface area (Å²) in [5, 5.41) is 5.79. The first-order valence-corrected chi connectivity index (χ1v) is 10.7. The zero-order chi connectivity index (χ0) is 22.4. The topological polar surface area (TPSA) is 81.1 Å². The van der Waals surface area contributed by atoms with E-state index in [9.17, 15) is 9.59 Å². The summed E-state index contributed by atoms with van der Waals surface area (Å²) in [7, 11) is 1.82. The van der Waals surface area contributed by atoms with Gasteiger partial charge in [-0.15, -0.1) is 0 Å². The Morgan fingerprint density at radius 3 is 2.58 bits per heavy atom. The molecule has 0 fully saturated rings. The maximum atomic E-state index is 12.4. The highest BCUT2D eigenvalue weighted by atomic mass is 16.5. The van der Waals surface area contributed by atoms with Crippen molar-refractivity contribution in [2.45, 2.75) is 39.8 Å². The van der Waals surface area contributed by atoms with E-state index in [-0.39, 0.29) is 31.0 Å². The van der Waals surface area contributed by atoms with E-state index in [0.717, 1.165) is 45.2 Å². The van der Waals surface area contributed by atoms with Gasteiger partial charge in [0.2, 0.25) is 0 Å². The fourth-order valence-electron chi connectivity index (χ4n) is 3.62. The summed E-state index contributed by atoms with van der Waals surface area (Å²) in [6.45, 7) is 7.28. The fraction of sp³-hybridized carbons (Fsp3) is 0.417. The van der Waals surface area contributed by atoms with Crippen LogP contribution < -0.4 is 25.0 Å². The van der Waals surface area contributed by atoms with Gasteiger partial charge in [-0.05, 0) is 45.0 Å². The average Bonchev–Trinajstić information content (AvgIpc) is 3.06. The van der Waals surface area contributed by atoms with Crippen LogP contribution in [0.15, 0.2) is 36.4 Å². The molecule has 1 aliphatic rings. The van der Waals surface area contributed by atoms with Crippen molar-refractivity contribution in [1.29, 1.82) is 0 Å². The Labute approximate surface area is 183 Å². The van der Waals surface area contributed by atoms with Crippen LogP contribution in [0, 0.1) is 6.92 Å². The molecule has 2 atom stereocenters. The van der Waals surface area contributed by atoms with Gasteiger partial charge in [0.05, 0.1) is 13.7 Å². The molecule has 3 N–H and O–H groups in total. The standard InChI is InChI=1S/C24H31N3O4/c1-5-30-21-11-18-10-17(3)31-22(18)12-19(21)13-25-23(28)14-27(4)15-24(29)26-20-8-6-16(2)7-9-20/h6-9,11-12,17H,5,10,13-15H2,1-4H3,(H,25,28)(H,26,29)/p+1/t17-/m0/s1. The maximum absolute atomic E-state index is 12.4. The number of aryl methyl sites for hydroxylation is 1. The first-order chi connectivity index (χ1) is 14.8. The van der Waals surface area contributed by atoms with Gasteiger partial charge in [-0.3, -0.25) is 9.59 Å². The van der Waals surface area contributed by atoms with Crippen LogP contribution in [0.4, 0.5) is 5.69 Å². The maximum Gasteiger partial charge on any atom is 0.279 e. The number of rotatable bonds is 9. The normalized spacial score (nSPS) is 15.5. The third-order valence-electron chi connectivity index (χ3n) is 5.11. The summed E-state index contributed by atoms with van der Waals surface area (Å²) in [5.74, 6) is 1.38. The van der Waals surface area contributed by atoms with Gasteiger partial charge in [-0.25, -0.2) is 0 Å². The lowest BCUT2D eigenvalue weighted by Crippen LogP contribution is -3.11. The molecule has 0 bridgehead atoms. The summed E-state index contributed by atoms with van der Waals surface area (Å²) in [5.41, 5.74) is 3.91. The van der Waals surface area contributed by atoms with Crippen molar-refractivity contribution >= 4 is 17.5 Å². The third-order valence-corrected chi connectivity index (χ3v) is 5.11. The van der Waals surface area contributed by atoms with E-state index in [1.165, 1.54) is 0 Å². The number of benzene rings is 2.